The number of nitro groups is 1. The zero-order valence-electron chi connectivity index (χ0n) is 10.8. The van der Waals surface area contributed by atoms with E-state index in [0.717, 1.165) is 5.56 Å². The van der Waals surface area contributed by atoms with Crippen molar-refractivity contribution in [3.63, 3.8) is 0 Å². The second kappa shape index (κ2) is 5.40. The summed E-state index contributed by atoms with van der Waals surface area (Å²) < 4.78 is 0. The van der Waals surface area contributed by atoms with Gasteiger partial charge in [-0.2, -0.15) is 0 Å². The first-order valence-corrected chi connectivity index (χ1v) is 5.90. The van der Waals surface area contributed by atoms with E-state index in [-0.39, 0.29) is 16.9 Å². The summed E-state index contributed by atoms with van der Waals surface area (Å²) in [6, 6.07) is 11.4. The summed E-state index contributed by atoms with van der Waals surface area (Å²) in [4.78, 5) is 22.3. The van der Waals surface area contributed by atoms with Gasteiger partial charge in [0.25, 0.3) is 11.6 Å². The Morgan fingerprint density at radius 3 is 2.55 bits per heavy atom. The van der Waals surface area contributed by atoms with Crippen molar-refractivity contribution in [3.8, 4) is 0 Å². The van der Waals surface area contributed by atoms with Gasteiger partial charge >= 0.3 is 0 Å². The smallest absolute Gasteiger partial charge is 0.292 e. The van der Waals surface area contributed by atoms with Crippen LogP contribution in [0.4, 0.5) is 17.1 Å². The van der Waals surface area contributed by atoms with Gasteiger partial charge in [0.1, 0.15) is 5.69 Å². The van der Waals surface area contributed by atoms with E-state index in [1.165, 1.54) is 18.2 Å². The summed E-state index contributed by atoms with van der Waals surface area (Å²) in [5, 5.41) is 13.5. The van der Waals surface area contributed by atoms with Crippen LogP contribution in [0, 0.1) is 17.0 Å². The molecule has 1 amide bonds. The third-order valence-corrected chi connectivity index (χ3v) is 2.92. The Labute approximate surface area is 115 Å². The van der Waals surface area contributed by atoms with E-state index in [1.54, 1.807) is 12.1 Å². The van der Waals surface area contributed by atoms with Crippen LogP contribution >= 0.6 is 0 Å². The van der Waals surface area contributed by atoms with Crippen molar-refractivity contribution >= 4 is 23.0 Å². The van der Waals surface area contributed by atoms with Crippen LogP contribution < -0.4 is 11.1 Å². The molecule has 2 aromatic rings. The highest BCUT2D eigenvalue weighted by atomic mass is 16.6. The molecule has 0 unspecified atom stereocenters. The highest BCUT2D eigenvalue weighted by Gasteiger charge is 2.19. The van der Waals surface area contributed by atoms with Crippen LogP contribution in [0.1, 0.15) is 15.9 Å². The lowest BCUT2D eigenvalue weighted by molar-refractivity contribution is -0.383. The van der Waals surface area contributed by atoms with Gasteiger partial charge in [-0.05, 0) is 24.6 Å². The van der Waals surface area contributed by atoms with Crippen LogP contribution in [0.25, 0.3) is 0 Å². The third-order valence-electron chi connectivity index (χ3n) is 2.92. The molecule has 0 saturated carbocycles. The number of nitrogens with zero attached hydrogens (tertiary/aromatic N) is 1. The highest BCUT2D eigenvalue weighted by molar-refractivity contribution is 6.09. The number of amides is 1. The molecule has 6 heteroatoms. The lowest BCUT2D eigenvalue weighted by atomic mass is 10.1. The molecular weight excluding hydrogens is 258 g/mol. The Bertz CT molecular complexity index is 683. The molecule has 0 aliphatic rings. The highest BCUT2D eigenvalue weighted by Crippen LogP contribution is 2.25. The topological polar surface area (TPSA) is 98.3 Å². The second-order valence-corrected chi connectivity index (χ2v) is 4.26. The number of benzene rings is 2. The molecule has 20 heavy (non-hydrogen) atoms. The molecule has 3 N–H and O–H groups in total. The summed E-state index contributed by atoms with van der Waals surface area (Å²) in [7, 11) is 0. The molecule has 2 aromatic carbocycles. The van der Waals surface area contributed by atoms with Crippen LogP contribution in [0.5, 0.6) is 0 Å². The summed E-state index contributed by atoms with van der Waals surface area (Å²) in [6.07, 6.45) is 0. The Hall–Kier alpha value is -2.89. The van der Waals surface area contributed by atoms with Gasteiger partial charge in [-0.3, -0.25) is 14.9 Å². The van der Waals surface area contributed by atoms with Crippen molar-refractivity contribution in [1.82, 2.24) is 0 Å². The van der Waals surface area contributed by atoms with Crippen molar-refractivity contribution in [3.05, 3.63) is 63.7 Å². The molecular formula is C14H13N3O3. The van der Waals surface area contributed by atoms with E-state index in [4.69, 9.17) is 5.73 Å². The fraction of sp³-hybridized carbons (Fsp3) is 0.0714. The maximum atomic E-state index is 12.1. The number of anilines is 2. The van der Waals surface area contributed by atoms with Crippen LogP contribution in [0.15, 0.2) is 42.5 Å². The number of carbonyl (C=O) groups excluding carboxylic acids is 1. The average Bonchev–Trinajstić information content (AvgIpc) is 2.41. The number of nitrogen functional groups attached to an aromatic ring is 1. The molecule has 0 radical (unpaired) electrons. The first kappa shape index (κ1) is 13.5. The predicted octanol–water partition coefficient (Wildman–Crippen LogP) is 2.74. The van der Waals surface area contributed by atoms with Crippen LogP contribution in [0.3, 0.4) is 0 Å². The summed E-state index contributed by atoms with van der Waals surface area (Å²) in [5.41, 5.74) is 6.88. The van der Waals surface area contributed by atoms with E-state index in [9.17, 15) is 14.9 Å². The van der Waals surface area contributed by atoms with Gasteiger partial charge in [-0.1, -0.05) is 24.3 Å². The lowest BCUT2D eigenvalue weighted by Crippen LogP contribution is -2.15. The molecule has 0 aliphatic carbocycles. The van der Waals surface area contributed by atoms with Crippen molar-refractivity contribution < 1.29 is 9.72 Å². The van der Waals surface area contributed by atoms with E-state index in [1.807, 2.05) is 19.1 Å². The fourth-order valence-corrected chi connectivity index (χ4v) is 1.81. The standard InChI is InChI=1S/C14H13N3O3/c1-9-5-2-3-7-11(9)16-14(18)10-6-4-8-12(13(10)15)17(19)20/h2-8H,15H2,1H3,(H,16,18). The van der Waals surface area contributed by atoms with E-state index in [2.05, 4.69) is 5.32 Å². The molecule has 0 bridgehead atoms. The first-order chi connectivity index (χ1) is 9.50. The minimum atomic E-state index is -0.611. The summed E-state index contributed by atoms with van der Waals surface area (Å²) in [6.45, 7) is 1.85. The van der Waals surface area contributed by atoms with E-state index in [0.29, 0.717) is 5.69 Å². The van der Waals surface area contributed by atoms with Crippen LogP contribution in [-0.4, -0.2) is 10.8 Å². The second-order valence-electron chi connectivity index (χ2n) is 4.26. The van der Waals surface area contributed by atoms with E-state index < -0.39 is 10.8 Å². The normalized spacial score (nSPS) is 10.1. The van der Waals surface area contributed by atoms with E-state index >= 15 is 0 Å². The Balaban J connectivity index is 2.33. The van der Waals surface area contributed by atoms with Gasteiger partial charge in [0, 0.05) is 11.8 Å². The molecule has 0 aromatic heterocycles. The van der Waals surface area contributed by atoms with Gasteiger partial charge in [0.15, 0.2) is 0 Å². The molecule has 0 saturated heterocycles. The largest absolute Gasteiger partial charge is 0.393 e. The number of nitrogens with one attached hydrogen (secondary N) is 1. The number of hydrogen-bond donors (Lipinski definition) is 2. The Morgan fingerprint density at radius 1 is 1.20 bits per heavy atom. The number of hydrogen-bond acceptors (Lipinski definition) is 4. The van der Waals surface area contributed by atoms with Crippen molar-refractivity contribution in [2.45, 2.75) is 6.92 Å². The minimum Gasteiger partial charge on any atom is -0.393 e. The quantitative estimate of drug-likeness (QED) is 0.509. The lowest BCUT2D eigenvalue weighted by Gasteiger charge is -2.09. The van der Waals surface area contributed by atoms with Gasteiger partial charge in [-0.25, -0.2) is 0 Å². The summed E-state index contributed by atoms with van der Waals surface area (Å²) >= 11 is 0. The molecule has 0 atom stereocenters. The Morgan fingerprint density at radius 2 is 1.90 bits per heavy atom. The predicted molar refractivity (Wildman–Crippen MR) is 76.6 cm³/mol. The van der Waals surface area contributed by atoms with Crippen molar-refractivity contribution in [1.29, 1.82) is 0 Å². The number of rotatable bonds is 3. The molecule has 102 valence electrons. The number of nitrogens with two attached hydrogens (primary N) is 1. The molecule has 0 heterocycles. The number of nitro benzene ring substituents is 1. The molecule has 0 spiro atoms. The SMILES string of the molecule is Cc1ccccc1NC(=O)c1cccc([N+](=O)[O-])c1N. The number of carbonyl (C=O) groups is 1. The van der Waals surface area contributed by atoms with Crippen LogP contribution in [-0.2, 0) is 0 Å². The maximum Gasteiger partial charge on any atom is 0.292 e. The van der Waals surface area contributed by atoms with Crippen molar-refractivity contribution in [2.24, 2.45) is 0 Å². The molecule has 0 fully saturated rings. The summed E-state index contributed by atoms with van der Waals surface area (Å²) in [5.74, 6) is -0.472. The molecule has 2 rings (SSSR count). The third kappa shape index (κ3) is 2.59. The number of para-hydroxylation sites is 2. The van der Waals surface area contributed by atoms with Gasteiger partial charge in [0.05, 0.1) is 10.5 Å². The maximum absolute atomic E-state index is 12.1. The van der Waals surface area contributed by atoms with Gasteiger partial charge in [0.2, 0.25) is 0 Å². The number of aryl methyl sites for hydroxylation is 1. The monoisotopic (exact) mass is 271 g/mol. The van der Waals surface area contributed by atoms with Gasteiger partial charge < -0.3 is 11.1 Å². The van der Waals surface area contributed by atoms with Crippen molar-refractivity contribution in [2.75, 3.05) is 11.1 Å². The molecule has 6 nitrogen and oxygen atoms in total. The average molecular weight is 271 g/mol. The zero-order valence-corrected chi connectivity index (χ0v) is 10.8. The first-order valence-electron chi connectivity index (χ1n) is 5.90. The molecule has 0 aliphatic heterocycles. The Kier molecular flexibility index (Phi) is 3.65. The fourth-order valence-electron chi connectivity index (χ4n) is 1.81. The van der Waals surface area contributed by atoms with Gasteiger partial charge in [-0.15, -0.1) is 0 Å². The zero-order chi connectivity index (χ0) is 14.7. The van der Waals surface area contributed by atoms with Crippen LogP contribution in [0.2, 0.25) is 0 Å². The minimum absolute atomic E-state index is 0.0856.